The first kappa shape index (κ1) is 19.7. The summed E-state index contributed by atoms with van der Waals surface area (Å²) in [4.78, 5) is 35.5. The molecule has 150 valence electrons. The third kappa shape index (κ3) is 3.95. The normalized spacial score (nSPS) is 19.3. The largest absolute Gasteiger partial charge is 0.389 e. The molecule has 2 aliphatic heterocycles. The number of H-pyrrole nitrogens is 1. The van der Waals surface area contributed by atoms with E-state index in [9.17, 15) is 22.8 Å². The Morgan fingerprint density at radius 1 is 1.26 bits per heavy atom. The first-order valence-electron chi connectivity index (χ1n) is 8.93. The first-order chi connectivity index (χ1) is 12.8. The van der Waals surface area contributed by atoms with Crippen LogP contribution in [-0.2, 0) is 26.3 Å². The minimum atomic E-state index is -4.34. The fourth-order valence-electron chi connectivity index (χ4n) is 4.08. The van der Waals surface area contributed by atoms with E-state index in [1.54, 1.807) is 11.2 Å². The van der Waals surface area contributed by atoms with Crippen LogP contribution in [-0.4, -0.2) is 71.1 Å². The molecule has 0 saturated carbocycles. The van der Waals surface area contributed by atoms with Crippen molar-refractivity contribution in [2.45, 2.75) is 43.8 Å². The number of ether oxygens (including phenoxy) is 1. The summed E-state index contributed by atoms with van der Waals surface area (Å²) >= 11 is 0. The summed E-state index contributed by atoms with van der Waals surface area (Å²) in [6, 6.07) is 0. The summed E-state index contributed by atoms with van der Waals surface area (Å²) in [5, 5.41) is 0. The lowest BCUT2D eigenvalue weighted by atomic mass is 9.78. The molecular weight excluding hydrogens is 365 g/mol. The van der Waals surface area contributed by atoms with Gasteiger partial charge in [-0.05, 0) is 12.8 Å². The number of hydrogen-bond acceptors (Lipinski definition) is 4. The number of hydrogen-bond donors (Lipinski definition) is 1. The van der Waals surface area contributed by atoms with Gasteiger partial charge in [-0.1, -0.05) is 0 Å². The molecule has 1 aromatic heterocycles. The van der Waals surface area contributed by atoms with E-state index >= 15 is 0 Å². The number of nitrogens with zero attached hydrogens (tertiary/aromatic N) is 3. The Morgan fingerprint density at radius 3 is 2.59 bits per heavy atom. The van der Waals surface area contributed by atoms with Crippen LogP contribution in [0, 0.1) is 0 Å². The number of methoxy groups -OCH3 is 1. The molecule has 3 rings (SSSR count). The van der Waals surface area contributed by atoms with Crippen LogP contribution in [0.5, 0.6) is 0 Å². The molecular formula is C17H23F3N4O3. The van der Waals surface area contributed by atoms with E-state index in [4.69, 9.17) is 4.74 Å². The van der Waals surface area contributed by atoms with Crippen LogP contribution in [0.25, 0.3) is 0 Å². The van der Waals surface area contributed by atoms with E-state index in [0.29, 0.717) is 38.9 Å². The second kappa shape index (κ2) is 7.49. The maximum absolute atomic E-state index is 12.6. The molecule has 3 heterocycles. The van der Waals surface area contributed by atoms with Gasteiger partial charge in [-0.25, -0.2) is 4.98 Å². The highest BCUT2D eigenvalue weighted by Gasteiger charge is 2.49. The molecule has 0 aromatic carbocycles. The van der Waals surface area contributed by atoms with Gasteiger partial charge in [-0.3, -0.25) is 9.59 Å². The minimum Gasteiger partial charge on any atom is -0.375 e. The van der Waals surface area contributed by atoms with Crippen molar-refractivity contribution in [3.63, 3.8) is 0 Å². The predicted molar refractivity (Wildman–Crippen MR) is 88.7 cm³/mol. The number of nitrogens with one attached hydrogen (secondary N) is 1. The average Bonchev–Trinajstić information content (AvgIpc) is 3.10. The second-order valence-corrected chi connectivity index (χ2v) is 6.99. The highest BCUT2D eigenvalue weighted by Crippen LogP contribution is 2.42. The van der Waals surface area contributed by atoms with E-state index in [1.165, 1.54) is 12.0 Å². The van der Waals surface area contributed by atoms with Gasteiger partial charge < -0.3 is 19.5 Å². The van der Waals surface area contributed by atoms with Crippen molar-refractivity contribution in [2.24, 2.45) is 0 Å². The molecule has 0 aliphatic carbocycles. The Kier molecular flexibility index (Phi) is 5.45. The number of carbonyl (C=O) groups is 2. The zero-order valence-corrected chi connectivity index (χ0v) is 15.1. The quantitative estimate of drug-likeness (QED) is 0.850. The Hall–Kier alpha value is -2.10. The topological polar surface area (TPSA) is 78.5 Å². The van der Waals surface area contributed by atoms with Gasteiger partial charge in [0.1, 0.15) is 6.61 Å². The Bertz CT molecular complexity index is 696. The van der Waals surface area contributed by atoms with Crippen molar-refractivity contribution < 1.29 is 27.5 Å². The fraction of sp³-hybridized carbons (Fsp3) is 0.706. The van der Waals surface area contributed by atoms with E-state index in [2.05, 4.69) is 9.97 Å². The molecule has 1 spiro atoms. The zero-order chi connectivity index (χ0) is 19.7. The third-order valence-electron chi connectivity index (χ3n) is 5.40. The molecule has 1 saturated heterocycles. The van der Waals surface area contributed by atoms with Gasteiger partial charge >= 0.3 is 6.18 Å². The minimum absolute atomic E-state index is 0.0459. The summed E-state index contributed by atoms with van der Waals surface area (Å²) in [5.74, 6) is -0.655. The molecule has 7 nitrogen and oxygen atoms in total. The molecule has 1 fully saturated rings. The fourth-order valence-corrected chi connectivity index (χ4v) is 4.08. The third-order valence-corrected chi connectivity index (χ3v) is 5.40. The smallest absolute Gasteiger partial charge is 0.375 e. The van der Waals surface area contributed by atoms with Crippen molar-refractivity contribution in [1.82, 2.24) is 19.8 Å². The highest BCUT2D eigenvalue weighted by atomic mass is 19.4. The Balaban J connectivity index is 1.75. The molecule has 2 amide bonds. The lowest BCUT2D eigenvalue weighted by Gasteiger charge is -2.50. The maximum Gasteiger partial charge on any atom is 0.389 e. The molecule has 10 heteroatoms. The number of carbonyl (C=O) groups excluding carboxylic acids is 2. The van der Waals surface area contributed by atoms with Crippen LogP contribution in [0.1, 0.15) is 37.1 Å². The first-order valence-corrected chi connectivity index (χ1v) is 8.93. The van der Waals surface area contributed by atoms with E-state index in [1.807, 2.05) is 0 Å². The Labute approximate surface area is 154 Å². The van der Waals surface area contributed by atoms with Crippen LogP contribution in [0.3, 0.4) is 0 Å². The van der Waals surface area contributed by atoms with Gasteiger partial charge in [0, 0.05) is 45.3 Å². The van der Waals surface area contributed by atoms with Crippen LogP contribution in [0.2, 0.25) is 0 Å². The second-order valence-electron chi connectivity index (χ2n) is 6.99. The summed E-state index contributed by atoms with van der Waals surface area (Å²) < 4.78 is 42.1. The molecule has 27 heavy (non-hydrogen) atoms. The molecule has 1 aromatic rings. The van der Waals surface area contributed by atoms with Crippen molar-refractivity contribution >= 4 is 11.8 Å². The van der Waals surface area contributed by atoms with Gasteiger partial charge in [0.05, 0.1) is 24.0 Å². The lowest BCUT2D eigenvalue weighted by molar-refractivity contribution is -0.153. The number of likely N-dealkylation sites (tertiary alicyclic amines) is 1. The lowest BCUT2D eigenvalue weighted by Crippen LogP contribution is -2.59. The van der Waals surface area contributed by atoms with Gasteiger partial charge in [-0.15, -0.1) is 0 Å². The molecule has 0 atom stereocenters. The van der Waals surface area contributed by atoms with Crippen LogP contribution < -0.4 is 0 Å². The monoisotopic (exact) mass is 388 g/mol. The Morgan fingerprint density at radius 2 is 1.96 bits per heavy atom. The summed E-state index contributed by atoms with van der Waals surface area (Å²) in [5.41, 5.74) is 1.11. The molecule has 0 unspecified atom stereocenters. The summed E-state index contributed by atoms with van der Waals surface area (Å²) in [7, 11) is 1.45. The SMILES string of the molecule is COCC(=O)N1CCc2[nH]cnc2C12CCN(C(=O)CCC(F)(F)F)CC2. The van der Waals surface area contributed by atoms with Crippen molar-refractivity contribution in [3.8, 4) is 0 Å². The van der Waals surface area contributed by atoms with Crippen LogP contribution >= 0.6 is 0 Å². The maximum atomic E-state index is 12.6. The van der Waals surface area contributed by atoms with Gasteiger partial charge in [0.25, 0.3) is 0 Å². The van der Waals surface area contributed by atoms with E-state index in [0.717, 1.165) is 11.4 Å². The van der Waals surface area contributed by atoms with Crippen molar-refractivity contribution in [2.75, 3.05) is 33.4 Å². The summed E-state index contributed by atoms with van der Waals surface area (Å²) in [6.07, 6.45) is -2.87. The van der Waals surface area contributed by atoms with E-state index < -0.39 is 30.5 Å². The number of aromatic nitrogens is 2. The van der Waals surface area contributed by atoms with Crippen molar-refractivity contribution in [1.29, 1.82) is 0 Å². The van der Waals surface area contributed by atoms with Gasteiger partial charge in [0.2, 0.25) is 11.8 Å². The van der Waals surface area contributed by atoms with Crippen LogP contribution in [0.15, 0.2) is 6.33 Å². The number of fused-ring (bicyclic) bond motifs is 2. The number of halogens is 3. The average molecular weight is 388 g/mol. The van der Waals surface area contributed by atoms with E-state index in [-0.39, 0.29) is 12.5 Å². The van der Waals surface area contributed by atoms with Gasteiger partial charge in [0.15, 0.2) is 0 Å². The number of piperidine rings is 1. The van der Waals surface area contributed by atoms with Gasteiger partial charge in [-0.2, -0.15) is 13.2 Å². The standard InChI is InChI=1S/C17H23F3N4O3/c1-27-10-14(26)24-7-3-12-15(22-11-21-12)16(24)5-8-23(9-6-16)13(25)2-4-17(18,19)20/h11H,2-10H2,1H3,(H,21,22). The molecule has 2 aliphatic rings. The summed E-state index contributed by atoms with van der Waals surface area (Å²) in [6.45, 7) is 1.05. The zero-order valence-electron chi connectivity index (χ0n) is 15.1. The predicted octanol–water partition coefficient (Wildman–Crippen LogP) is 1.60. The number of rotatable bonds is 4. The number of imidazole rings is 1. The van der Waals surface area contributed by atoms with Crippen molar-refractivity contribution in [3.05, 3.63) is 17.7 Å². The molecule has 0 radical (unpaired) electrons. The number of alkyl halides is 3. The number of amides is 2. The van der Waals surface area contributed by atoms with Crippen LogP contribution in [0.4, 0.5) is 13.2 Å². The molecule has 1 N–H and O–H groups in total. The molecule has 0 bridgehead atoms. The number of aromatic amines is 1. The highest BCUT2D eigenvalue weighted by molar-refractivity contribution is 5.79.